The second-order valence-electron chi connectivity index (χ2n) is 11.0. The highest BCUT2D eigenvalue weighted by Crippen LogP contribution is 2.36. The molecule has 4 rings (SSSR count). The van der Waals surface area contributed by atoms with Crippen LogP contribution in [0.4, 0.5) is 0 Å². The Morgan fingerprint density at radius 1 is 0.763 bits per heavy atom. The third kappa shape index (κ3) is 6.98. The summed E-state index contributed by atoms with van der Waals surface area (Å²) in [5, 5.41) is 0. The highest BCUT2D eigenvalue weighted by molar-refractivity contribution is 5.43. The third-order valence-corrected chi connectivity index (χ3v) is 8.12. The monoisotopic (exact) mass is 514 g/mol. The first-order chi connectivity index (χ1) is 18.6. The van der Waals surface area contributed by atoms with Crippen molar-refractivity contribution in [1.29, 1.82) is 0 Å². The van der Waals surface area contributed by atoms with E-state index in [2.05, 4.69) is 96.4 Å². The second-order valence-corrected chi connectivity index (χ2v) is 11.0. The van der Waals surface area contributed by atoms with E-state index in [1.165, 1.54) is 48.8 Å². The Hall–Kier alpha value is -2.82. The van der Waals surface area contributed by atoms with Crippen molar-refractivity contribution in [2.24, 2.45) is 0 Å². The van der Waals surface area contributed by atoms with Crippen LogP contribution in [-0.2, 0) is 6.42 Å². The van der Waals surface area contributed by atoms with Crippen LogP contribution >= 0.6 is 0 Å². The number of piperazine rings is 1. The lowest BCUT2D eigenvalue weighted by molar-refractivity contribution is -0.00541. The topological polar surface area (TPSA) is 24.9 Å². The molecular formula is C34H46N2O2. The number of ether oxygens (including phenoxy) is 2. The lowest BCUT2D eigenvalue weighted by atomic mass is 9.85. The average Bonchev–Trinajstić information content (AvgIpc) is 2.95. The van der Waals surface area contributed by atoms with Gasteiger partial charge in [-0.05, 0) is 55.1 Å². The van der Waals surface area contributed by atoms with E-state index in [1.54, 1.807) is 14.2 Å². The normalized spacial score (nSPS) is 18.6. The van der Waals surface area contributed by atoms with Crippen molar-refractivity contribution in [3.8, 4) is 11.5 Å². The molecule has 1 saturated heterocycles. The number of benzene rings is 3. The highest BCUT2D eigenvalue weighted by atomic mass is 16.5. The van der Waals surface area contributed by atoms with Crippen LogP contribution in [0.15, 0.2) is 78.9 Å². The SMILES string of the molecule is CCCCCCCN1CCN(C(c2ccccc2)c2ccccc2)CC1(C)Cc1ccc(OC)c(OC)c1. The minimum absolute atomic E-state index is 0.00438. The zero-order valence-corrected chi connectivity index (χ0v) is 23.9. The number of rotatable bonds is 13. The Morgan fingerprint density at radius 2 is 1.39 bits per heavy atom. The maximum Gasteiger partial charge on any atom is 0.160 e. The summed E-state index contributed by atoms with van der Waals surface area (Å²) in [5.41, 5.74) is 4.02. The molecule has 0 amide bonds. The summed E-state index contributed by atoms with van der Waals surface area (Å²) >= 11 is 0. The van der Waals surface area contributed by atoms with Crippen LogP contribution in [0.25, 0.3) is 0 Å². The molecule has 4 heteroatoms. The van der Waals surface area contributed by atoms with Crippen molar-refractivity contribution < 1.29 is 9.47 Å². The summed E-state index contributed by atoms with van der Waals surface area (Å²) in [6.07, 6.45) is 7.52. The highest BCUT2D eigenvalue weighted by Gasteiger charge is 2.40. The molecule has 3 aromatic carbocycles. The Kier molecular flexibility index (Phi) is 10.3. The number of hydrogen-bond donors (Lipinski definition) is 0. The predicted octanol–water partition coefficient (Wildman–Crippen LogP) is 7.38. The van der Waals surface area contributed by atoms with Gasteiger partial charge >= 0.3 is 0 Å². The number of hydrogen-bond acceptors (Lipinski definition) is 4. The zero-order chi connectivity index (χ0) is 26.8. The Morgan fingerprint density at radius 3 is 2.00 bits per heavy atom. The molecule has 1 atom stereocenters. The largest absolute Gasteiger partial charge is 0.493 e. The van der Waals surface area contributed by atoms with Crippen molar-refractivity contribution in [2.75, 3.05) is 40.4 Å². The molecule has 38 heavy (non-hydrogen) atoms. The zero-order valence-electron chi connectivity index (χ0n) is 23.9. The van der Waals surface area contributed by atoms with Gasteiger partial charge < -0.3 is 9.47 Å². The van der Waals surface area contributed by atoms with Gasteiger partial charge in [-0.3, -0.25) is 9.80 Å². The van der Waals surface area contributed by atoms with E-state index in [4.69, 9.17) is 9.47 Å². The fourth-order valence-electron chi connectivity index (χ4n) is 6.13. The van der Waals surface area contributed by atoms with Crippen molar-refractivity contribution in [2.45, 2.75) is 64.0 Å². The Labute approximate surface area is 230 Å². The van der Waals surface area contributed by atoms with E-state index in [1.807, 2.05) is 6.07 Å². The van der Waals surface area contributed by atoms with Gasteiger partial charge in [-0.25, -0.2) is 0 Å². The smallest absolute Gasteiger partial charge is 0.160 e. The maximum atomic E-state index is 5.65. The summed E-state index contributed by atoms with van der Waals surface area (Å²) in [5.74, 6) is 1.59. The van der Waals surface area contributed by atoms with Crippen LogP contribution < -0.4 is 9.47 Å². The minimum Gasteiger partial charge on any atom is -0.493 e. The molecule has 1 aliphatic rings. The van der Waals surface area contributed by atoms with Gasteiger partial charge in [0.05, 0.1) is 20.3 Å². The van der Waals surface area contributed by atoms with E-state index in [9.17, 15) is 0 Å². The second kappa shape index (κ2) is 13.8. The van der Waals surface area contributed by atoms with Crippen molar-refractivity contribution in [3.63, 3.8) is 0 Å². The molecule has 0 bridgehead atoms. The maximum absolute atomic E-state index is 5.65. The standard InChI is InChI=1S/C34H46N2O2/c1-5-6-7-8-15-22-36-24-23-35(33(29-16-11-9-12-17-29)30-18-13-10-14-19-30)27-34(36,2)26-28-20-21-31(37-3)32(25-28)38-4/h9-14,16-21,25,33H,5-8,15,22-24,26-27H2,1-4H3. The summed E-state index contributed by atoms with van der Waals surface area (Å²) in [7, 11) is 3.42. The third-order valence-electron chi connectivity index (χ3n) is 8.12. The van der Waals surface area contributed by atoms with Gasteiger partial charge in [-0.1, -0.05) is 99.3 Å². The molecule has 0 aliphatic carbocycles. The molecular weight excluding hydrogens is 468 g/mol. The summed E-state index contributed by atoms with van der Waals surface area (Å²) in [6.45, 7) is 9.05. The lowest BCUT2D eigenvalue weighted by Gasteiger charge is -2.51. The van der Waals surface area contributed by atoms with Gasteiger partial charge in [0.25, 0.3) is 0 Å². The first-order valence-corrected chi connectivity index (χ1v) is 14.4. The average molecular weight is 515 g/mol. The summed E-state index contributed by atoms with van der Waals surface area (Å²) in [6, 6.07) is 28.7. The minimum atomic E-state index is 0.00438. The van der Waals surface area contributed by atoms with E-state index in [-0.39, 0.29) is 11.6 Å². The summed E-state index contributed by atoms with van der Waals surface area (Å²) < 4.78 is 11.2. The van der Waals surface area contributed by atoms with Crippen LogP contribution in [-0.4, -0.2) is 55.7 Å². The molecule has 3 aromatic rings. The molecule has 0 N–H and O–H groups in total. The fraction of sp³-hybridized carbons (Fsp3) is 0.471. The molecule has 204 valence electrons. The Bertz CT molecular complexity index is 1060. The number of methoxy groups -OCH3 is 2. The molecule has 0 aromatic heterocycles. The van der Waals surface area contributed by atoms with Crippen molar-refractivity contribution >= 4 is 0 Å². The van der Waals surface area contributed by atoms with Crippen LogP contribution in [0.2, 0.25) is 0 Å². The lowest BCUT2D eigenvalue weighted by Crippen LogP contribution is -2.62. The summed E-state index contributed by atoms with van der Waals surface area (Å²) in [4.78, 5) is 5.47. The molecule has 1 aliphatic heterocycles. The number of unbranched alkanes of at least 4 members (excludes halogenated alkanes) is 4. The first kappa shape index (κ1) is 28.2. The molecule has 1 heterocycles. The van der Waals surface area contributed by atoms with Crippen LogP contribution in [0.5, 0.6) is 11.5 Å². The molecule has 4 nitrogen and oxygen atoms in total. The van der Waals surface area contributed by atoms with Gasteiger partial charge in [-0.2, -0.15) is 0 Å². The van der Waals surface area contributed by atoms with Crippen molar-refractivity contribution in [1.82, 2.24) is 9.80 Å². The molecule has 1 unspecified atom stereocenters. The van der Waals surface area contributed by atoms with Crippen LogP contribution in [0.1, 0.15) is 68.7 Å². The molecule has 0 spiro atoms. The van der Waals surface area contributed by atoms with Crippen molar-refractivity contribution in [3.05, 3.63) is 95.6 Å². The van der Waals surface area contributed by atoms with Gasteiger partial charge in [0.2, 0.25) is 0 Å². The fourth-order valence-corrected chi connectivity index (χ4v) is 6.13. The molecule has 0 saturated carbocycles. The first-order valence-electron chi connectivity index (χ1n) is 14.4. The van der Waals surface area contributed by atoms with Crippen LogP contribution in [0.3, 0.4) is 0 Å². The Balaban J connectivity index is 1.62. The quantitative estimate of drug-likeness (QED) is 0.222. The van der Waals surface area contributed by atoms with Gasteiger partial charge in [0.1, 0.15) is 0 Å². The molecule has 1 fully saturated rings. The van der Waals surface area contributed by atoms with E-state index in [0.29, 0.717) is 0 Å². The predicted molar refractivity (Wildman–Crippen MR) is 158 cm³/mol. The van der Waals surface area contributed by atoms with Gasteiger partial charge in [0.15, 0.2) is 11.5 Å². The van der Waals surface area contributed by atoms with Crippen LogP contribution in [0, 0.1) is 0 Å². The van der Waals surface area contributed by atoms with Gasteiger partial charge in [-0.15, -0.1) is 0 Å². The number of nitrogens with zero attached hydrogens (tertiary/aromatic N) is 2. The van der Waals surface area contributed by atoms with E-state index >= 15 is 0 Å². The van der Waals surface area contributed by atoms with E-state index < -0.39 is 0 Å². The molecule has 0 radical (unpaired) electrons. The van der Waals surface area contributed by atoms with E-state index in [0.717, 1.165) is 44.1 Å². The van der Waals surface area contributed by atoms with Gasteiger partial charge in [0, 0.05) is 25.2 Å².